The molecule has 0 radical (unpaired) electrons. The van der Waals surface area contributed by atoms with E-state index in [9.17, 15) is 4.79 Å². The summed E-state index contributed by atoms with van der Waals surface area (Å²) < 4.78 is 5.74. The molecule has 2 aromatic carbocycles. The van der Waals surface area contributed by atoms with Gasteiger partial charge in [-0.2, -0.15) is 0 Å². The number of nitrogens with zero attached hydrogens (tertiary/aromatic N) is 1. The third-order valence-electron chi connectivity index (χ3n) is 5.66. The topological polar surface area (TPSA) is 76.8 Å². The summed E-state index contributed by atoms with van der Waals surface area (Å²) in [6.45, 7) is 3.69. The summed E-state index contributed by atoms with van der Waals surface area (Å²) in [6.07, 6.45) is 5.24. The monoisotopic (exact) mass is 425 g/mol. The van der Waals surface area contributed by atoms with Crippen LogP contribution in [0.4, 0.5) is 0 Å². The number of amides is 1. The van der Waals surface area contributed by atoms with Crippen LogP contribution in [0.2, 0.25) is 0 Å². The molecule has 0 spiro atoms. The Morgan fingerprint density at radius 3 is 2.32 bits per heavy atom. The molecule has 1 saturated heterocycles. The van der Waals surface area contributed by atoms with E-state index in [1.165, 1.54) is 25.5 Å². The van der Waals surface area contributed by atoms with E-state index < -0.39 is 0 Å². The normalized spacial score (nSPS) is 16.8. The predicted molar refractivity (Wildman–Crippen MR) is 123 cm³/mol. The highest BCUT2D eigenvalue weighted by atomic mass is 16.6. The Balaban J connectivity index is 0.000000248. The van der Waals surface area contributed by atoms with Gasteiger partial charge in [0.25, 0.3) is 0 Å². The van der Waals surface area contributed by atoms with Gasteiger partial charge >= 0.3 is 0 Å². The number of benzene rings is 2. The minimum Gasteiger partial charge on any atom is -0.492 e. The fourth-order valence-electron chi connectivity index (χ4n) is 3.65. The molecule has 1 saturated carbocycles. The first-order valence-electron chi connectivity index (χ1n) is 11.2. The smallest absolute Gasteiger partial charge is 0.247 e. The second-order valence-corrected chi connectivity index (χ2v) is 8.26. The van der Waals surface area contributed by atoms with Gasteiger partial charge in [-0.15, -0.1) is 0 Å². The van der Waals surface area contributed by atoms with Crippen molar-refractivity contribution in [2.45, 2.75) is 44.1 Å². The summed E-state index contributed by atoms with van der Waals surface area (Å²) in [6, 6.07) is 18.7. The maximum absolute atomic E-state index is 11.4. The Hall–Kier alpha value is -2.41. The van der Waals surface area contributed by atoms with Crippen LogP contribution in [-0.4, -0.2) is 50.2 Å². The second-order valence-electron chi connectivity index (χ2n) is 8.26. The van der Waals surface area contributed by atoms with Crippen molar-refractivity contribution in [1.29, 1.82) is 0 Å². The molecule has 2 aromatic rings. The van der Waals surface area contributed by atoms with Crippen molar-refractivity contribution in [3.8, 4) is 5.75 Å². The van der Waals surface area contributed by atoms with Crippen LogP contribution in [0.3, 0.4) is 0 Å². The molecule has 0 aromatic heterocycles. The second kappa shape index (κ2) is 12.4. The van der Waals surface area contributed by atoms with Gasteiger partial charge in [-0.05, 0) is 68.0 Å². The first-order chi connectivity index (χ1) is 15.1. The Morgan fingerprint density at radius 2 is 1.71 bits per heavy atom. The van der Waals surface area contributed by atoms with E-state index in [1.54, 1.807) is 0 Å². The zero-order chi connectivity index (χ0) is 21.9. The van der Waals surface area contributed by atoms with Crippen molar-refractivity contribution in [3.05, 3.63) is 65.7 Å². The predicted octanol–water partition coefficient (Wildman–Crippen LogP) is 3.27. The van der Waals surface area contributed by atoms with Gasteiger partial charge in [0, 0.05) is 12.6 Å². The molecule has 0 bridgehead atoms. The van der Waals surface area contributed by atoms with E-state index >= 15 is 0 Å². The van der Waals surface area contributed by atoms with Crippen molar-refractivity contribution in [2.75, 3.05) is 33.4 Å². The Kier molecular flexibility index (Phi) is 9.34. The molecule has 31 heavy (non-hydrogen) atoms. The molecule has 1 amide bonds. The van der Waals surface area contributed by atoms with Gasteiger partial charge in [0.2, 0.25) is 5.91 Å². The molecule has 6 heteroatoms. The van der Waals surface area contributed by atoms with Crippen LogP contribution < -0.4 is 16.0 Å². The molecule has 3 N–H and O–H groups in total. The molecule has 0 atom stereocenters. The number of piperidine rings is 1. The molecule has 0 unspecified atom stereocenters. The lowest BCUT2D eigenvalue weighted by Crippen LogP contribution is -2.41. The van der Waals surface area contributed by atoms with Crippen LogP contribution in [0, 0.1) is 0 Å². The van der Waals surface area contributed by atoms with Crippen molar-refractivity contribution < 1.29 is 14.4 Å². The van der Waals surface area contributed by atoms with Gasteiger partial charge < -0.3 is 10.5 Å². The van der Waals surface area contributed by atoms with Crippen LogP contribution in [-0.2, 0) is 16.1 Å². The maximum atomic E-state index is 11.4. The van der Waals surface area contributed by atoms with Crippen molar-refractivity contribution in [3.63, 3.8) is 0 Å². The zero-order valence-corrected chi connectivity index (χ0v) is 18.5. The van der Waals surface area contributed by atoms with Crippen LogP contribution in [0.25, 0.3) is 0 Å². The summed E-state index contributed by atoms with van der Waals surface area (Å²) in [5, 5.41) is 0. The number of likely N-dealkylation sites (tertiary alicyclic amines) is 1. The summed E-state index contributed by atoms with van der Waals surface area (Å²) >= 11 is 0. The number of ether oxygens (including phenoxy) is 1. The third kappa shape index (κ3) is 8.69. The molecule has 2 fully saturated rings. The lowest BCUT2D eigenvalue weighted by atomic mass is 10.1. The van der Waals surface area contributed by atoms with Crippen molar-refractivity contribution in [2.24, 2.45) is 5.73 Å². The van der Waals surface area contributed by atoms with Gasteiger partial charge in [0.1, 0.15) is 12.4 Å². The van der Waals surface area contributed by atoms with E-state index in [4.69, 9.17) is 10.5 Å². The van der Waals surface area contributed by atoms with Crippen molar-refractivity contribution >= 4 is 5.91 Å². The average Bonchev–Trinajstić information content (AvgIpc) is 3.63. The van der Waals surface area contributed by atoms with Crippen LogP contribution in [0.1, 0.15) is 42.7 Å². The fourth-order valence-corrected chi connectivity index (χ4v) is 3.65. The van der Waals surface area contributed by atoms with Crippen LogP contribution >= 0.6 is 0 Å². The Labute approximate surface area is 185 Å². The molecule has 2 aliphatic rings. The number of carbonyl (C=O) groups is 1. The van der Waals surface area contributed by atoms with Gasteiger partial charge in [-0.3, -0.25) is 14.5 Å². The summed E-state index contributed by atoms with van der Waals surface area (Å²) in [7, 11) is 1.42. The van der Waals surface area contributed by atoms with Crippen LogP contribution in [0.5, 0.6) is 5.75 Å². The molecular weight excluding hydrogens is 390 g/mol. The minimum atomic E-state index is -0.167. The number of nitrogens with one attached hydrogen (secondary N) is 1. The third-order valence-corrected chi connectivity index (χ3v) is 5.66. The lowest BCUT2D eigenvalue weighted by Gasteiger charge is -2.29. The first-order valence-corrected chi connectivity index (χ1v) is 11.2. The highest BCUT2D eigenvalue weighted by Crippen LogP contribution is 2.39. The standard InChI is InChI=1S/C16H25N3O3.C9H10/c1-21-18-16(20)12-13-2-4-15(5-3-13)22-11-10-19-8-6-14(17)7-9-19;1-2-4-8(5-3-1)9-6-7-9/h2-5,14H,6-12,17H2,1H3,(H,18,20);1-5,9H,6-7H2. The Bertz CT molecular complexity index is 770. The number of hydroxylamine groups is 1. The van der Waals surface area contributed by atoms with Gasteiger partial charge in [-0.1, -0.05) is 42.5 Å². The zero-order valence-electron chi connectivity index (χ0n) is 18.5. The van der Waals surface area contributed by atoms with Gasteiger partial charge in [0.05, 0.1) is 13.5 Å². The van der Waals surface area contributed by atoms with E-state index in [-0.39, 0.29) is 5.91 Å². The highest BCUT2D eigenvalue weighted by Gasteiger charge is 2.22. The van der Waals surface area contributed by atoms with Gasteiger partial charge in [-0.25, -0.2) is 5.48 Å². The summed E-state index contributed by atoms with van der Waals surface area (Å²) in [5.41, 5.74) is 10.6. The maximum Gasteiger partial charge on any atom is 0.247 e. The number of carbonyl (C=O) groups excluding carboxylic acids is 1. The number of hydrogen-bond acceptors (Lipinski definition) is 5. The molecule has 1 aliphatic carbocycles. The molecular formula is C25H35N3O3. The summed E-state index contributed by atoms with van der Waals surface area (Å²) in [4.78, 5) is 18.3. The lowest BCUT2D eigenvalue weighted by molar-refractivity contribution is -0.130. The van der Waals surface area contributed by atoms with Crippen LogP contribution in [0.15, 0.2) is 54.6 Å². The first kappa shape index (κ1) is 23.3. The molecule has 6 nitrogen and oxygen atoms in total. The largest absolute Gasteiger partial charge is 0.492 e. The summed E-state index contributed by atoms with van der Waals surface area (Å²) in [5.74, 6) is 1.57. The van der Waals surface area contributed by atoms with E-state index in [1.807, 2.05) is 24.3 Å². The minimum absolute atomic E-state index is 0.167. The quantitative estimate of drug-likeness (QED) is 0.635. The molecule has 1 heterocycles. The Morgan fingerprint density at radius 1 is 1.03 bits per heavy atom. The number of rotatable bonds is 8. The van der Waals surface area contributed by atoms with E-state index in [0.717, 1.165) is 49.7 Å². The molecule has 168 valence electrons. The SMILES string of the molecule is CONC(=O)Cc1ccc(OCCN2CCC(N)CC2)cc1.c1ccc(C2CC2)cc1. The number of hydrogen-bond donors (Lipinski definition) is 2. The van der Waals surface area contributed by atoms with E-state index in [0.29, 0.717) is 19.1 Å². The fraction of sp³-hybridized carbons (Fsp3) is 0.480. The highest BCUT2D eigenvalue weighted by molar-refractivity contribution is 5.77. The van der Waals surface area contributed by atoms with Gasteiger partial charge in [0.15, 0.2) is 0 Å². The van der Waals surface area contributed by atoms with E-state index in [2.05, 4.69) is 45.5 Å². The number of nitrogens with two attached hydrogens (primary N) is 1. The molecule has 1 aliphatic heterocycles. The van der Waals surface area contributed by atoms with Crippen molar-refractivity contribution in [1.82, 2.24) is 10.4 Å². The average molecular weight is 426 g/mol. The molecule has 4 rings (SSSR count).